The Kier molecular flexibility index (Phi) is 5.94. The summed E-state index contributed by atoms with van der Waals surface area (Å²) in [5, 5.41) is 10.6. The van der Waals surface area contributed by atoms with Gasteiger partial charge in [0, 0.05) is 0 Å². The second-order valence-corrected chi connectivity index (χ2v) is 7.44. The van der Waals surface area contributed by atoms with Gasteiger partial charge in [-0.05, 0) is 30.2 Å². The van der Waals surface area contributed by atoms with E-state index in [0.717, 1.165) is 12.1 Å². The van der Waals surface area contributed by atoms with E-state index in [0.29, 0.717) is 11.6 Å². The van der Waals surface area contributed by atoms with Crippen molar-refractivity contribution in [2.75, 3.05) is 0 Å². The number of aliphatic carboxylic acids is 1. The second kappa shape index (κ2) is 7.65. The molecule has 140 valence electrons. The van der Waals surface area contributed by atoms with E-state index in [9.17, 15) is 31.5 Å². The van der Waals surface area contributed by atoms with Gasteiger partial charge in [-0.15, -0.1) is 0 Å². The first kappa shape index (κ1) is 20.2. The molecule has 5 nitrogen and oxygen atoms in total. The summed E-state index contributed by atoms with van der Waals surface area (Å²) in [5.41, 5.74) is -0.827. The van der Waals surface area contributed by atoms with Gasteiger partial charge in [0.05, 0.1) is 27.5 Å². The molecule has 1 N–H and O–H groups in total. The van der Waals surface area contributed by atoms with Crippen LogP contribution in [0, 0.1) is 0 Å². The van der Waals surface area contributed by atoms with Gasteiger partial charge in [-0.3, -0.25) is 0 Å². The van der Waals surface area contributed by atoms with Crippen LogP contribution in [0.15, 0.2) is 53.4 Å². The Morgan fingerprint density at radius 3 is 2.31 bits per heavy atom. The number of benzene rings is 2. The van der Waals surface area contributed by atoms with E-state index in [4.69, 9.17) is 11.6 Å². The molecule has 2 aromatic rings. The lowest BCUT2D eigenvalue weighted by molar-refractivity contribution is -0.307. The zero-order chi connectivity index (χ0) is 19.5. The fourth-order valence-corrected chi connectivity index (χ4v) is 3.60. The maximum absolute atomic E-state index is 12.9. The van der Waals surface area contributed by atoms with Crippen molar-refractivity contribution in [1.29, 1.82) is 0 Å². The number of halogens is 4. The quantitative estimate of drug-likeness (QED) is 0.795. The Morgan fingerprint density at radius 1 is 1.15 bits per heavy atom. The monoisotopic (exact) mass is 406 g/mol. The molecular formula is C16H12ClF3NO4S-. The highest BCUT2D eigenvalue weighted by atomic mass is 35.5. The van der Waals surface area contributed by atoms with Gasteiger partial charge < -0.3 is 9.90 Å². The molecule has 2 rings (SSSR count). The summed E-state index contributed by atoms with van der Waals surface area (Å²) in [6, 6.07) is 8.43. The van der Waals surface area contributed by atoms with Crippen LogP contribution in [0.2, 0.25) is 5.02 Å². The number of carbonyl (C=O) groups excluding carboxylic acids is 1. The van der Waals surface area contributed by atoms with E-state index < -0.39 is 43.7 Å². The molecule has 0 saturated heterocycles. The number of nitrogens with one attached hydrogen (secondary N) is 1. The van der Waals surface area contributed by atoms with Gasteiger partial charge in [0.25, 0.3) is 0 Å². The topological polar surface area (TPSA) is 86.3 Å². The molecule has 0 bridgehead atoms. The van der Waals surface area contributed by atoms with E-state index in [1.54, 1.807) is 30.3 Å². The number of hydrogen-bond donors (Lipinski definition) is 1. The molecule has 0 fully saturated rings. The summed E-state index contributed by atoms with van der Waals surface area (Å²) in [6.07, 6.45) is -5.09. The molecule has 0 radical (unpaired) electrons. The minimum Gasteiger partial charge on any atom is -0.548 e. The molecule has 0 aliphatic carbocycles. The van der Waals surface area contributed by atoms with Gasteiger partial charge in [-0.1, -0.05) is 41.9 Å². The summed E-state index contributed by atoms with van der Waals surface area (Å²) in [5.74, 6) is -1.71. The highest BCUT2D eigenvalue weighted by Crippen LogP contribution is 2.35. The van der Waals surface area contributed by atoms with E-state index in [-0.39, 0.29) is 6.42 Å². The molecule has 1 atom stereocenters. The molecule has 0 heterocycles. The van der Waals surface area contributed by atoms with E-state index in [1.165, 1.54) is 0 Å². The smallest absolute Gasteiger partial charge is 0.417 e. The predicted molar refractivity (Wildman–Crippen MR) is 85.7 cm³/mol. The second-order valence-electron chi connectivity index (χ2n) is 5.32. The highest BCUT2D eigenvalue weighted by molar-refractivity contribution is 7.89. The largest absolute Gasteiger partial charge is 0.548 e. The van der Waals surface area contributed by atoms with Crippen LogP contribution in [0.4, 0.5) is 13.2 Å². The van der Waals surface area contributed by atoms with Crippen LogP contribution < -0.4 is 9.83 Å². The third-order valence-electron chi connectivity index (χ3n) is 3.42. The van der Waals surface area contributed by atoms with Crippen LogP contribution in [0.3, 0.4) is 0 Å². The SMILES string of the molecule is O=C([O-])[C@H](Cc1ccccc1)NS(=O)(=O)c1ccc(Cl)c(C(F)(F)F)c1. The number of alkyl halides is 3. The lowest BCUT2D eigenvalue weighted by Crippen LogP contribution is -2.49. The fraction of sp³-hybridized carbons (Fsp3) is 0.188. The van der Waals surface area contributed by atoms with E-state index in [2.05, 4.69) is 0 Å². The summed E-state index contributed by atoms with van der Waals surface area (Å²) >= 11 is 5.46. The number of carboxylic acids is 1. The average Bonchev–Trinajstić information content (AvgIpc) is 2.54. The van der Waals surface area contributed by atoms with Gasteiger partial charge in [-0.2, -0.15) is 13.2 Å². The first-order chi connectivity index (χ1) is 12.0. The minimum atomic E-state index is -4.86. The third kappa shape index (κ3) is 4.96. The molecular weight excluding hydrogens is 395 g/mol. The lowest BCUT2D eigenvalue weighted by atomic mass is 10.1. The van der Waals surface area contributed by atoms with Gasteiger partial charge in [-0.25, -0.2) is 13.1 Å². The number of rotatable bonds is 6. The Balaban J connectivity index is 2.32. The summed E-state index contributed by atoms with van der Waals surface area (Å²) in [4.78, 5) is 10.5. The normalized spacial score (nSPS) is 13.4. The van der Waals surface area contributed by atoms with Crippen molar-refractivity contribution < 1.29 is 31.5 Å². The summed E-state index contributed by atoms with van der Waals surface area (Å²) in [6.45, 7) is 0. The van der Waals surface area contributed by atoms with Crippen LogP contribution in [-0.2, 0) is 27.4 Å². The zero-order valence-corrected chi connectivity index (χ0v) is 14.5. The Labute approximate surface area is 152 Å². The molecule has 10 heteroatoms. The first-order valence-corrected chi connectivity index (χ1v) is 9.00. The van der Waals surface area contributed by atoms with Crippen LogP contribution in [0.5, 0.6) is 0 Å². The Morgan fingerprint density at radius 2 is 1.77 bits per heavy atom. The fourth-order valence-electron chi connectivity index (χ4n) is 2.17. The molecule has 26 heavy (non-hydrogen) atoms. The Bertz CT molecular complexity index is 901. The van der Waals surface area contributed by atoms with Crippen LogP contribution >= 0.6 is 11.6 Å². The number of carbonyl (C=O) groups is 1. The predicted octanol–water partition coefficient (Wildman–Crippen LogP) is 2.00. The first-order valence-electron chi connectivity index (χ1n) is 7.14. The maximum Gasteiger partial charge on any atom is 0.417 e. The maximum atomic E-state index is 12.9. The van der Waals surface area contributed by atoms with E-state index in [1.807, 2.05) is 4.72 Å². The van der Waals surface area contributed by atoms with Crippen molar-refractivity contribution in [3.05, 3.63) is 64.7 Å². The molecule has 0 unspecified atom stereocenters. The number of sulfonamides is 1. The minimum absolute atomic E-state index is 0.234. The van der Waals surface area contributed by atoms with Crippen molar-refractivity contribution >= 4 is 27.6 Å². The molecule has 0 amide bonds. The van der Waals surface area contributed by atoms with Gasteiger partial charge >= 0.3 is 6.18 Å². The number of hydrogen-bond acceptors (Lipinski definition) is 4. The van der Waals surface area contributed by atoms with Crippen LogP contribution in [0.1, 0.15) is 11.1 Å². The molecule has 0 aliphatic rings. The van der Waals surface area contributed by atoms with Crippen molar-refractivity contribution in [2.45, 2.75) is 23.5 Å². The van der Waals surface area contributed by atoms with Crippen molar-refractivity contribution in [3.63, 3.8) is 0 Å². The Hall–Kier alpha value is -2.10. The summed E-state index contributed by atoms with van der Waals surface area (Å²) in [7, 11) is -4.55. The van der Waals surface area contributed by atoms with Crippen LogP contribution in [0.25, 0.3) is 0 Å². The van der Waals surface area contributed by atoms with Gasteiger partial charge in [0.2, 0.25) is 10.0 Å². The molecule has 2 aromatic carbocycles. The van der Waals surface area contributed by atoms with Crippen molar-refractivity contribution in [1.82, 2.24) is 4.72 Å². The number of carboxylic acid groups (broad SMARTS) is 1. The highest BCUT2D eigenvalue weighted by Gasteiger charge is 2.34. The van der Waals surface area contributed by atoms with Crippen LogP contribution in [-0.4, -0.2) is 20.4 Å². The molecule has 0 aromatic heterocycles. The van der Waals surface area contributed by atoms with Gasteiger partial charge in [0.1, 0.15) is 0 Å². The lowest BCUT2D eigenvalue weighted by Gasteiger charge is -2.20. The van der Waals surface area contributed by atoms with Crippen molar-refractivity contribution in [2.24, 2.45) is 0 Å². The van der Waals surface area contributed by atoms with E-state index >= 15 is 0 Å². The molecule has 0 saturated carbocycles. The standard InChI is InChI=1S/C16H13ClF3NO4S/c17-13-7-6-11(9-12(13)16(18,19)20)26(24,25)21-14(15(22)23)8-10-4-2-1-3-5-10/h1-7,9,14,21H,8H2,(H,22,23)/p-1/t14-/m0/s1. The third-order valence-corrected chi connectivity index (χ3v) is 5.22. The zero-order valence-electron chi connectivity index (χ0n) is 13.0. The molecule has 0 aliphatic heterocycles. The molecule has 0 spiro atoms. The van der Waals surface area contributed by atoms with Gasteiger partial charge in [0.15, 0.2) is 0 Å². The van der Waals surface area contributed by atoms with Crippen molar-refractivity contribution in [3.8, 4) is 0 Å². The summed E-state index contributed by atoms with van der Waals surface area (Å²) < 4.78 is 65.2. The average molecular weight is 407 g/mol.